The second kappa shape index (κ2) is 5.64. The van der Waals surface area contributed by atoms with Gasteiger partial charge in [-0.3, -0.25) is 0 Å². The molecule has 1 unspecified atom stereocenters. The topological polar surface area (TPSA) is 35.2 Å². The summed E-state index contributed by atoms with van der Waals surface area (Å²) < 4.78 is 5.54. The average molecular weight is 261 g/mol. The van der Waals surface area contributed by atoms with Gasteiger partial charge in [0, 0.05) is 11.5 Å². The molecule has 1 aromatic rings. The fourth-order valence-electron chi connectivity index (χ4n) is 2.86. The number of hydrogen-bond donors (Lipinski definition) is 1. The third-order valence-corrected chi connectivity index (χ3v) is 4.33. The van der Waals surface area contributed by atoms with Gasteiger partial charge in [-0.15, -0.1) is 0 Å². The van der Waals surface area contributed by atoms with Crippen LogP contribution in [0.4, 0.5) is 0 Å². The molecule has 2 rings (SSSR count). The smallest absolute Gasteiger partial charge is 0.0585 e. The first kappa shape index (κ1) is 14.5. The Bertz CT molecular complexity index is 433. The Morgan fingerprint density at radius 3 is 2.42 bits per heavy atom. The van der Waals surface area contributed by atoms with Crippen LogP contribution in [-0.2, 0) is 10.2 Å². The third kappa shape index (κ3) is 3.01. The van der Waals surface area contributed by atoms with Gasteiger partial charge in [0.1, 0.15) is 0 Å². The minimum absolute atomic E-state index is 0.211. The molecule has 1 aliphatic rings. The van der Waals surface area contributed by atoms with Crippen molar-refractivity contribution in [1.82, 2.24) is 0 Å². The summed E-state index contributed by atoms with van der Waals surface area (Å²) in [4.78, 5) is 0. The summed E-state index contributed by atoms with van der Waals surface area (Å²) in [5, 5.41) is 0. The maximum absolute atomic E-state index is 5.93. The van der Waals surface area contributed by atoms with E-state index in [-0.39, 0.29) is 11.5 Å². The van der Waals surface area contributed by atoms with Gasteiger partial charge in [-0.2, -0.15) is 0 Å². The molecule has 2 N–H and O–H groups in total. The molecule has 1 aromatic carbocycles. The van der Waals surface area contributed by atoms with Crippen LogP contribution in [0.3, 0.4) is 0 Å². The van der Waals surface area contributed by atoms with Gasteiger partial charge < -0.3 is 10.5 Å². The molecule has 0 saturated carbocycles. The van der Waals surface area contributed by atoms with Gasteiger partial charge in [-0.1, -0.05) is 32.0 Å². The van der Waals surface area contributed by atoms with Crippen LogP contribution in [0.25, 0.3) is 0 Å². The highest BCUT2D eigenvalue weighted by atomic mass is 16.5. The summed E-state index contributed by atoms with van der Waals surface area (Å²) in [6, 6.07) is 7.17. The quantitative estimate of drug-likeness (QED) is 0.880. The van der Waals surface area contributed by atoms with Gasteiger partial charge in [0.15, 0.2) is 0 Å². The van der Waals surface area contributed by atoms with E-state index in [0.717, 1.165) is 26.1 Å². The molecular formula is C17H27NO. The molecule has 1 saturated heterocycles. The van der Waals surface area contributed by atoms with Crippen LogP contribution in [0.1, 0.15) is 56.2 Å². The van der Waals surface area contributed by atoms with Gasteiger partial charge in [-0.05, 0) is 49.3 Å². The van der Waals surface area contributed by atoms with Crippen molar-refractivity contribution in [3.05, 3.63) is 34.9 Å². The minimum Gasteiger partial charge on any atom is -0.379 e. The van der Waals surface area contributed by atoms with E-state index in [4.69, 9.17) is 10.5 Å². The number of hydrogen-bond acceptors (Lipinski definition) is 2. The Kier molecular flexibility index (Phi) is 4.32. The first-order valence-electron chi connectivity index (χ1n) is 7.39. The number of nitrogens with two attached hydrogens (primary N) is 1. The highest BCUT2D eigenvalue weighted by Gasteiger charge is 2.41. The highest BCUT2D eigenvalue weighted by Crippen LogP contribution is 2.39. The molecule has 0 bridgehead atoms. The van der Waals surface area contributed by atoms with Crippen molar-refractivity contribution in [2.45, 2.75) is 57.9 Å². The third-order valence-electron chi connectivity index (χ3n) is 4.33. The molecule has 0 radical (unpaired) electrons. The van der Waals surface area contributed by atoms with Crippen molar-refractivity contribution in [2.75, 3.05) is 13.2 Å². The van der Waals surface area contributed by atoms with Gasteiger partial charge in [0.25, 0.3) is 0 Å². The summed E-state index contributed by atoms with van der Waals surface area (Å²) in [6.45, 7) is 10.5. The number of ether oxygens (including phenoxy) is 1. The van der Waals surface area contributed by atoms with E-state index in [1.54, 1.807) is 0 Å². The van der Waals surface area contributed by atoms with Crippen LogP contribution in [-0.4, -0.2) is 19.3 Å². The SMILES string of the molecule is Cc1ccc(C(C)C)cc1C1(CCC(C)N)COC1. The van der Waals surface area contributed by atoms with E-state index in [1.165, 1.54) is 16.7 Å². The summed E-state index contributed by atoms with van der Waals surface area (Å²) in [6.07, 6.45) is 2.20. The second-order valence-corrected chi connectivity index (χ2v) is 6.52. The zero-order chi connectivity index (χ0) is 14.0. The van der Waals surface area contributed by atoms with E-state index in [1.807, 2.05) is 0 Å². The summed E-state index contributed by atoms with van der Waals surface area (Å²) >= 11 is 0. The van der Waals surface area contributed by atoms with Crippen LogP contribution in [0.15, 0.2) is 18.2 Å². The van der Waals surface area contributed by atoms with Gasteiger partial charge in [-0.25, -0.2) is 0 Å². The predicted molar refractivity (Wildman–Crippen MR) is 80.6 cm³/mol. The largest absolute Gasteiger partial charge is 0.379 e. The Balaban J connectivity index is 2.29. The molecule has 1 fully saturated rings. The molecule has 19 heavy (non-hydrogen) atoms. The molecule has 1 heterocycles. The summed E-state index contributed by atoms with van der Waals surface area (Å²) in [5.41, 5.74) is 10.4. The molecule has 1 atom stereocenters. The zero-order valence-corrected chi connectivity index (χ0v) is 12.7. The first-order chi connectivity index (χ1) is 8.94. The Labute approximate surface area is 117 Å². The van der Waals surface area contributed by atoms with Crippen molar-refractivity contribution >= 4 is 0 Å². The molecule has 0 spiro atoms. The molecular weight excluding hydrogens is 234 g/mol. The highest BCUT2D eigenvalue weighted by molar-refractivity contribution is 5.39. The van der Waals surface area contributed by atoms with Gasteiger partial charge >= 0.3 is 0 Å². The predicted octanol–water partition coefficient (Wildman–Crippen LogP) is 3.51. The lowest BCUT2D eigenvalue weighted by atomic mass is 9.72. The minimum atomic E-state index is 0.211. The number of aryl methyl sites for hydroxylation is 1. The maximum atomic E-state index is 5.93. The van der Waals surface area contributed by atoms with Gasteiger partial charge in [0.05, 0.1) is 13.2 Å². The van der Waals surface area contributed by atoms with Gasteiger partial charge in [0.2, 0.25) is 0 Å². The molecule has 0 aromatic heterocycles. The summed E-state index contributed by atoms with van der Waals surface area (Å²) in [5.74, 6) is 0.575. The van der Waals surface area contributed by atoms with Crippen LogP contribution in [0, 0.1) is 6.92 Å². The number of rotatable bonds is 5. The summed E-state index contributed by atoms with van der Waals surface area (Å²) in [7, 11) is 0. The van der Waals surface area contributed by atoms with Crippen LogP contribution in [0.5, 0.6) is 0 Å². The lowest BCUT2D eigenvalue weighted by molar-refractivity contribution is -0.0660. The molecule has 2 heteroatoms. The van der Waals surface area contributed by atoms with E-state index in [9.17, 15) is 0 Å². The van der Waals surface area contributed by atoms with Crippen molar-refractivity contribution in [1.29, 1.82) is 0 Å². The molecule has 1 aliphatic heterocycles. The van der Waals surface area contributed by atoms with E-state index >= 15 is 0 Å². The monoisotopic (exact) mass is 261 g/mol. The van der Waals surface area contributed by atoms with Crippen LogP contribution >= 0.6 is 0 Å². The Morgan fingerprint density at radius 2 is 1.95 bits per heavy atom. The molecule has 0 amide bonds. The van der Waals surface area contributed by atoms with E-state index in [2.05, 4.69) is 45.9 Å². The normalized spacial score (nSPS) is 19.3. The van der Waals surface area contributed by atoms with Crippen LogP contribution < -0.4 is 5.73 Å². The molecule has 0 aliphatic carbocycles. The van der Waals surface area contributed by atoms with Crippen molar-refractivity contribution < 1.29 is 4.74 Å². The average Bonchev–Trinajstić information content (AvgIpc) is 2.29. The Hall–Kier alpha value is -0.860. The fourth-order valence-corrected chi connectivity index (χ4v) is 2.86. The fraction of sp³-hybridized carbons (Fsp3) is 0.647. The lowest BCUT2D eigenvalue weighted by Gasteiger charge is -2.43. The molecule has 2 nitrogen and oxygen atoms in total. The standard InChI is InChI=1S/C17H27NO/c1-12(2)15-6-5-13(3)16(9-15)17(10-19-11-17)8-7-14(4)18/h5-6,9,12,14H,7-8,10-11,18H2,1-4H3. The Morgan fingerprint density at radius 1 is 1.26 bits per heavy atom. The van der Waals surface area contributed by atoms with Crippen molar-refractivity contribution in [3.8, 4) is 0 Å². The maximum Gasteiger partial charge on any atom is 0.0585 e. The first-order valence-corrected chi connectivity index (χ1v) is 7.39. The molecule has 106 valence electrons. The zero-order valence-electron chi connectivity index (χ0n) is 12.7. The second-order valence-electron chi connectivity index (χ2n) is 6.52. The van der Waals surface area contributed by atoms with E-state index < -0.39 is 0 Å². The number of benzene rings is 1. The van der Waals surface area contributed by atoms with Crippen molar-refractivity contribution in [3.63, 3.8) is 0 Å². The lowest BCUT2D eigenvalue weighted by Crippen LogP contribution is -2.48. The van der Waals surface area contributed by atoms with Crippen LogP contribution in [0.2, 0.25) is 0 Å². The van der Waals surface area contributed by atoms with E-state index in [0.29, 0.717) is 5.92 Å². The van der Waals surface area contributed by atoms with Crippen molar-refractivity contribution in [2.24, 2.45) is 5.73 Å².